The fourth-order valence-corrected chi connectivity index (χ4v) is 1.03. The van der Waals surface area contributed by atoms with Crippen LogP contribution in [-0.2, 0) is 14.3 Å². The zero-order valence-corrected chi connectivity index (χ0v) is 7.37. The number of esters is 1. The Morgan fingerprint density at radius 2 is 2.08 bits per heavy atom. The zero-order valence-electron chi connectivity index (χ0n) is 7.37. The summed E-state index contributed by atoms with van der Waals surface area (Å²) in [4.78, 5) is 21.2. The van der Waals surface area contributed by atoms with Gasteiger partial charge in [-0.1, -0.05) is 13.3 Å². The molecule has 0 saturated carbocycles. The van der Waals surface area contributed by atoms with E-state index in [-0.39, 0.29) is 6.42 Å². The fraction of sp³-hybridized carbons (Fsp3) is 0.750. The Morgan fingerprint density at radius 3 is 2.42 bits per heavy atom. The van der Waals surface area contributed by atoms with Crippen molar-refractivity contribution in [2.45, 2.75) is 26.2 Å². The van der Waals surface area contributed by atoms with Crippen LogP contribution < -0.4 is 0 Å². The summed E-state index contributed by atoms with van der Waals surface area (Å²) >= 11 is 0. The highest BCUT2D eigenvalue weighted by molar-refractivity contribution is 5.78. The smallest absolute Gasteiger partial charge is 0.309 e. The van der Waals surface area contributed by atoms with Crippen molar-refractivity contribution in [3.05, 3.63) is 0 Å². The maximum absolute atomic E-state index is 11.0. The van der Waals surface area contributed by atoms with E-state index < -0.39 is 17.9 Å². The minimum absolute atomic E-state index is 0.138. The molecule has 0 aromatic rings. The van der Waals surface area contributed by atoms with E-state index in [0.29, 0.717) is 6.42 Å². The van der Waals surface area contributed by atoms with Crippen molar-refractivity contribution >= 4 is 11.9 Å². The van der Waals surface area contributed by atoms with Crippen LogP contribution >= 0.6 is 0 Å². The van der Waals surface area contributed by atoms with Gasteiger partial charge in [-0.15, -0.1) is 0 Å². The SMILES string of the molecule is CCCC(CC(=O)O)C(=O)OC. The van der Waals surface area contributed by atoms with Crippen LogP contribution in [0.4, 0.5) is 0 Å². The van der Waals surface area contributed by atoms with Gasteiger partial charge in [-0.3, -0.25) is 9.59 Å². The molecule has 1 unspecified atom stereocenters. The first kappa shape index (κ1) is 10.9. The van der Waals surface area contributed by atoms with E-state index in [9.17, 15) is 9.59 Å². The molecule has 70 valence electrons. The molecular weight excluding hydrogens is 160 g/mol. The highest BCUT2D eigenvalue weighted by atomic mass is 16.5. The summed E-state index contributed by atoms with van der Waals surface area (Å²) in [5, 5.41) is 8.45. The van der Waals surface area contributed by atoms with Crippen LogP contribution in [0.25, 0.3) is 0 Å². The summed E-state index contributed by atoms with van der Waals surface area (Å²) in [7, 11) is 1.27. The van der Waals surface area contributed by atoms with Gasteiger partial charge in [0.05, 0.1) is 19.4 Å². The van der Waals surface area contributed by atoms with Gasteiger partial charge >= 0.3 is 11.9 Å². The molecule has 0 heterocycles. The number of hydrogen-bond acceptors (Lipinski definition) is 3. The first-order chi connectivity index (χ1) is 5.61. The molecular formula is C8H14O4. The Hall–Kier alpha value is -1.06. The Balaban J connectivity index is 4.02. The lowest BCUT2D eigenvalue weighted by Gasteiger charge is -2.09. The molecule has 0 amide bonds. The topological polar surface area (TPSA) is 63.6 Å². The van der Waals surface area contributed by atoms with Crippen molar-refractivity contribution < 1.29 is 19.4 Å². The van der Waals surface area contributed by atoms with Crippen LogP contribution in [0.1, 0.15) is 26.2 Å². The first-order valence-corrected chi connectivity index (χ1v) is 3.91. The fourth-order valence-electron chi connectivity index (χ4n) is 1.03. The predicted molar refractivity (Wildman–Crippen MR) is 42.7 cm³/mol. The second kappa shape index (κ2) is 5.57. The molecule has 4 nitrogen and oxygen atoms in total. The van der Waals surface area contributed by atoms with E-state index in [1.54, 1.807) is 0 Å². The third kappa shape index (κ3) is 3.95. The Labute approximate surface area is 71.5 Å². The molecule has 0 saturated heterocycles. The monoisotopic (exact) mass is 174 g/mol. The summed E-state index contributed by atoms with van der Waals surface area (Å²) in [6, 6.07) is 0. The van der Waals surface area contributed by atoms with Crippen molar-refractivity contribution in [2.24, 2.45) is 5.92 Å². The number of aliphatic carboxylic acids is 1. The van der Waals surface area contributed by atoms with Crippen LogP contribution in [0.3, 0.4) is 0 Å². The highest BCUT2D eigenvalue weighted by Gasteiger charge is 2.20. The molecule has 0 spiro atoms. The molecule has 4 heteroatoms. The summed E-state index contributed by atoms with van der Waals surface area (Å²) in [5.74, 6) is -1.88. The maximum atomic E-state index is 11.0. The first-order valence-electron chi connectivity index (χ1n) is 3.91. The lowest BCUT2D eigenvalue weighted by atomic mass is 10.0. The van der Waals surface area contributed by atoms with Crippen molar-refractivity contribution in [3.63, 3.8) is 0 Å². The summed E-state index contributed by atoms with van der Waals surface area (Å²) < 4.78 is 4.46. The number of ether oxygens (including phenoxy) is 1. The standard InChI is InChI=1S/C8H14O4/c1-3-4-6(5-7(9)10)8(11)12-2/h6H,3-5H2,1-2H3,(H,9,10). The van der Waals surface area contributed by atoms with E-state index in [2.05, 4.69) is 4.74 Å². The number of rotatable bonds is 5. The molecule has 1 atom stereocenters. The summed E-state index contributed by atoms with van der Waals surface area (Å²) in [6.45, 7) is 1.90. The quantitative estimate of drug-likeness (QED) is 0.633. The molecule has 0 bridgehead atoms. The zero-order chi connectivity index (χ0) is 9.56. The Kier molecular flexibility index (Phi) is 5.08. The third-order valence-electron chi connectivity index (χ3n) is 1.59. The lowest BCUT2D eigenvalue weighted by molar-refractivity contribution is -0.151. The van der Waals surface area contributed by atoms with Gasteiger partial charge in [0.15, 0.2) is 0 Å². The van der Waals surface area contributed by atoms with Crippen LogP contribution in [0, 0.1) is 5.92 Å². The van der Waals surface area contributed by atoms with Crippen LogP contribution in [0.15, 0.2) is 0 Å². The van der Waals surface area contributed by atoms with Gasteiger partial charge in [-0.2, -0.15) is 0 Å². The van der Waals surface area contributed by atoms with Crippen LogP contribution in [0.5, 0.6) is 0 Å². The molecule has 0 aliphatic carbocycles. The average Bonchev–Trinajstić information content (AvgIpc) is 2.01. The third-order valence-corrected chi connectivity index (χ3v) is 1.59. The molecule has 0 aliphatic heterocycles. The molecule has 12 heavy (non-hydrogen) atoms. The second-order valence-electron chi connectivity index (χ2n) is 2.61. The van der Waals surface area contributed by atoms with Gasteiger partial charge in [0.1, 0.15) is 0 Å². The van der Waals surface area contributed by atoms with Crippen molar-refractivity contribution in [1.82, 2.24) is 0 Å². The van der Waals surface area contributed by atoms with Crippen molar-refractivity contribution in [2.75, 3.05) is 7.11 Å². The van der Waals surface area contributed by atoms with Crippen molar-refractivity contribution in [3.8, 4) is 0 Å². The van der Waals surface area contributed by atoms with Gasteiger partial charge in [0.2, 0.25) is 0 Å². The van der Waals surface area contributed by atoms with Gasteiger partial charge in [0, 0.05) is 0 Å². The van der Waals surface area contributed by atoms with Gasteiger partial charge in [-0.25, -0.2) is 0 Å². The van der Waals surface area contributed by atoms with E-state index in [4.69, 9.17) is 5.11 Å². The minimum atomic E-state index is -0.959. The average molecular weight is 174 g/mol. The Bertz CT molecular complexity index is 164. The van der Waals surface area contributed by atoms with Gasteiger partial charge in [-0.05, 0) is 6.42 Å². The van der Waals surface area contributed by atoms with Crippen LogP contribution in [-0.4, -0.2) is 24.2 Å². The largest absolute Gasteiger partial charge is 0.481 e. The summed E-state index contributed by atoms with van der Waals surface area (Å²) in [6.07, 6.45) is 1.21. The molecule has 0 aromatic heterocycles. The number of methoxy groups -OCH3 is 1. The number of carbonyl (C=O) groups excluding carboxylic acids is 1. The van der Waals surface area contributed by atoms with Gasteiger partial charge in [0.25, 0.3) is 0 Å². The molecule has 0 rings (SSSR count). The number of carbonyl (C=O) groups is 2. The molecule has 1 N–H and O–H groups in total. The number of carboxylic acid groups (broad SMARTS) is 1. The Morgan fingerprint density at radius 1 is 1.50 bits per heavy atom. The molecule has 0 aromatic carbocycles. The normalized spacial score (nSPS) is 12.2. The van der Waals surface area contributed by atoms with E-state index in [0.717, 1.165) is 6.42 Å². The molecule has 0 aliphatic rings. The van der Waals surface area contributed by atoms with Gasteiger partial charge < -0.3 is 9.84 Å². The second-order valence-corrected chi connectivity index (χ2v) is 2.61. The maximum Gasteiger partial charge on any atom is 0.309 e. The number of hydrogen-bond donors (Lipinski definition) is 1. The molecule has 0 radical (unpaired) electrons. The molecule has 0 fully saturated rings. The lowest BCUT2D eigenvalue weighted by Crippen LogP contribution is -2.19. The minimum Gasteiger partial charge on any atom is -0.481 e. The highest BCUT2D eigenvalue weighted by Crippen LogP contribution is 2.12. The number of carboxylic acids is 1. The summed E-state index contributed by atoms with van der Waals surface area (Å²) in [5.41, 5.74) is 0. The van der Waals surface area contributed by atoms with Crippen LogP contribution in [0.2, 0.25) is 0 Å². The predicted octanol–water partition coefficient (Wildman–Crippen LogP) is 1.05. The van der Waals surface area contributed by atoms with E-state index in [1.807, 2.05) is 6.92 Å². The van der Waals surface area contributed by atoms with E-state index >= 15 is 0 Å². The van der Waals surface area contributed by atoms with Crippen molar-refractivity contribution in [1.29, 1.82) is 0 Å². The van der Waals surface area contributed by atoms with E-state index in [1.165, 1.54) is 7.11 Å².